The summed E-state index contributed by atoms with van der Waals surface area (Å²) in [6, 6.07) is 12.2. The first kappa shape index (κ1) is 17.9. The molecule has 0 bridgehead atoms. The molecule has 0 saturated carbocycles. The molecule has 0 unspecified atom stereocenters. The highest BCUT2D eigenvalue weighted by Crippen LogP contribution is 2.16. The lowest BCUT2D eigenvalue weighted by Crippen LogP contribution is -2.40. The van der Waals surface area contributed by atoms with Crippen LogP contribution in [-0.4, -0.2) is 19.3 Å². The Morgan fingerprint density at radius 1 is 1.04 bits per heavy atom. The summed E-state index contributed by atoms with van der Waals surface area (Å²) in [6.07, 6.45) is 2.92. The third kappa shape index (κ3) is 3.49. The summed E-state index contributed by atoms with van der Waals surface area (Å²) < 4.78 is 20.5. The molecule has 2 heterocycles. The molecule has 0 aliphatic rings. The zero-order valence-electron chi connectivity index (χ0n) is 14.3. The Bertz CT molecular complexity index is 1260. The number of aromatic nitrogens is 4. The van der Waals surface area contributed by atoms with Crippen molar-refractivity contribution in [1.82, 2.24) is 19.3 Å². The van der Waals surface area contributed by atoms with Crippen LogP contribution in [0.25, 0.3) is 17.1 Å². The van der Waals surface area contributed by atoms with Gasteiger partial charge < -0.3 is 4.52 Å². The molecule has 9 heteroatoms. The van der Waals surface area contributed by atoms with E-state index in [-0.39, 0.29) is 24.1 Å². The molecule has 7 nitrogen and oxygen atoms in total. The molecule has 0 spiro atoms. The highest BCUT2D eigenvalue weighted by Gasteiger charge is 2.12. The van der Waals surface area contributed by atoms with Crippen molar-refractivity contribution in [2.45, 2.75) is 6.54 Å². The van der Waals surface area contributed by atoms with E-state index in [1.54, 1.807) is 24.3 Å². The van der Waals surface area contributed by atoms with Gasteiger partial charge in [-0.25, -0.2) is 4.39 Å². The largest absolute Gasteiger partial charge is 0.337 e. The van der Waals surface area contributed by atoms with Crippen molar-refractivity contribution in [3.8, 4) is 17.1 Å². The molecule has 2 aromatic heterocycles. The second-order valence-electron chi connectivity index (χ2n) is 5.90. The Balaban J connectivity index is 1.63. The predicted molar refractivity (Wildman–Crippen MR) is 100 cm³/mol. The van der Waals surface area contributed by atoms with Gasteiger partial charge in [-0.2, -0.15) is 4.98 Å². The summed E-state index contributed by atoms with van der Waals surface area (Å²) in [5, 5.41) is 4.27. The number of hydrogen-bond donors (Lipinski definition) is 0. The normalized spacial score (nSPS) is 10.9. The molecule has 0 amide bonds. The van der Waals surface area contributed by atoms with E-state index in [2.05, 4.69) is 10.1 Å². The van der Waals surface area contributed by atoms with Crippen LogP contribution >= 0.6 is 11.6 Å². The van der Waals surface area contributed by atoms with Crippen LogP contribution in [0.2, 0.25) is 5.02 Å². The van der Waals surface area contributed by atoms with Crippen molar-refractivity contribution >= 4 is 11.6 Å². The van der Waals surface area contributed by atoms with Crippen molar-refractivity contribution in [3.63, 3.8) is 0 Å². The van der Waals surface area contributed by atoms with E-state index in [0.29, 0.717) is 16.3 Å². The van der Waals surface area contributed by atoms with Gasteiger partial charge in [0.2, 0.25) is 11.7 Å². The minimum Gasteiger partial charge on any atom is -0.337 e. The fourth-order valence-corrected chi connectivity index (χ4v) is 2.83. The van der Waals surface area contributed by atoms with Gasteiger partial charge in [0.05, 0.1) is 5.69 Å². The lowest BCUT2D eigenvalue weighted by atomic mass is 10.2. The lowest BCUT2D eigenvalue weighted by molar-refractivity contribution is 0.369. The second kappa shape index (κ2) is 7.24. The Morgan fingerprint density at radius 3 is 2.57 bits per heavy atom. The van der Waals surface area contributed by atoms with Crippen molar-refractivity contribution in [3.05, 3.63) is 98.4 Å². The molecule has 28 heavy (non-hydrogen) atoms. The maximum absolute atomic E-state index is 13.0. The van der Waals surface area contributed by atoms with Crippen LogP contribution in [-0.2, 0) is 6.54 Å². The fourth-order valence-electron chi connectivity index (χ4n) is 2.64. The van der Waals surface area contributed by atoms with Gasteiger partial charge in [-0.15, -0.1) is 0 Å². The van der Waals surface area contributed by atoms with Gasteiger partial charge in [0.25, 0.3) is 0 Å². The number of benzene rings is 2. The van der Waals surface area contributed by atoms with E-state index < -0.39 is 11.1 Å². The van der Waals surface area contributed by atoms with Crippen LogP contribution < -0.4 is 11.1 Å². The first-order valence-electron chi connectivity index (χ1n) is 8.18. The molecule has 2 aromatic carbocycles. The Kier molecular flexibility index (Phi) is 4.62. The van der Waals surface area contributed by atoms with Crippen molar-refractivity contribution in [1.29, 1.82) is 0 Å². The molecular formula is C19H12ClFN4O3. The second-order valence-corrected chi connectivity index (χ2v) is 6.34. The van der Waals surface area contributed by atoms with E-state index in [0.717, 1.165) is 0 Å². The number of hydrogen-bond acceptors (Lipinski definition) is 5. The lowest BCUT2D eigenvalue weighted by Gasteiger charge is -2.07. The average Bonchev–Trinajstić information content (AvgIpc) is 3.15. The molecule has 0 N–H and O–H groups in total. The number of rotatable bonds is 4. The fraction of sp³-hybridized carbons (Fsp3) is 0.0526. The van der Waals surface area contributed by atoms with E-state index in [9.17, 15) is 14.0 Å². The monoisotopic (exact) mass is 398 g/mol. The maximum atomic E-state index is 13.0. The van der Waals surface area contributed by atoms with Crippen LogP contribution in [0.4, 0.5) is 4.39 Å². The van der Waals surface area contributed by atoms with E-state index in [4.69, 9.17) is 16.1 Å². The van der Waals surface area contributed by atoms with E-state index in [1.165, 1.54) is 45.8 Å². The Labute approximate surface area is 162 Å². The topological polar surface area (TPSA) is 82.9 Å². The predicted octanol–water partition coefficient (Wildman–Crippen LogP) is 2.89. The van der Waals surface area contributed by atoms with E-state index in [1.807, 2.05) is 0 Å². The van der Waals surface area contributed by atoms with Crippen molar-refractivity contribution < 1.29 is 8.91 Å². The van der Waals surface area contributed by atoms with Crippen LogP contribution in [0.3, 0.4) is 0 Å². The SMILES string of the molecule is O=c1c(=O)n(-c2cccc(Cl)c2)ccn1Cc1nc(-c2ccc(F)cc2)no1. The summed E-state index contributed by atoms with van der Waals surface area (Å²) >= 11 is 5.94. The average molecular weight is 399 g/mol. The molecule has 0 atom stereocenters. The Hall–Kier alpha value is -3.52. The van der Waals surface area contributed by atoms with Gasteiger partial charge in [0.15, 0.2) is 0 Å². The molecule has 0 aliphatic heterocycles. The molecular weight excluding hydrogens is 387 g/mol. The van der Waals surface area contributed by atoms with Crippen molar-refractivity contribution in [2.24, 2.45) is 0 Å². The summed E-state index contributed by atoms with van der Waals surface area (Å²) in [5.74, 6) is 0.0240. The molecule has 0 radical (unpaired) electrons. The third-order valence-electron chi connectivity index (χ3n) is 4.02. The molecule has 0 saturated heterocycles. The highest BCUT2D eigenvalue weighted by atomic mass is 35.5. The molecule has 0 aliphatic carbocycles. The van der Waals surface area contributed by atoms with Crippen LogP contribution in [0.15, 0.2) is 75.0 Å². The first-order chi connectivity index (χ1) is 13.5. The minimum atomic E-state index is -0.746. The maximum Gasteiger partial charge on any atom is 0.320 e. The highest BCUT2D eigenvalue weighted by molar-refractivity contribution is 6.30. The zero-order valence-corrected chi connectivity index (χ0v) is 15.0. The van der Waals surface area contributed by atoms with Crippen LogP contribution in [0.5, 0.6) is 0 Å². The smallest absolute Gasteiger partial charge is 0.320 e. The summed E-state index contributed by atoms with van der Waals surface area (Å²) in [7, 11) is 0. The number of nitrogens with zero attached hydrogens (tertiary/aromatic N) is 4. The summed E-state index contributed by atoms with van der Waals surface area (Å²) in [6.45, 7) is -0.0708. The number of halogens is 2. The van der Waals surface area contributed by atoms with Gasteiger partial charge in [0, 0.05) is 23.0 Å². The molecule has 4 rings (SSSR count). The Morgan fingerprint density at radius 2 is 1.82 bits per heavy atom. The van der Waals surface area contributed by atoms with Crippen LogP contribution in [0.1, 0.15) is 5.89 Å². The van der Waals surface area contributed by atoms with Gasteiger partial charge in [-0.3, -0.25) is 18.7 Å². The molecule has 4 aromatic rings. The van der Waals surface area contributed by atoms with Crippen molar-refractivity contribution in [2.75, 3.05) is 0 Å². The van der Waals surface area contributed by atoms with Gasteiger partial charge in [-0.05, 0) is 42.5 Å². The minimum absolute atomic E-state index is 0.0708. The first-order valence-corrected chi connectivity index (χ1v) is 8.55. The zero-order chi connectivity index (χ0) is 19.7. The summed E-state index contributed by atoms with van der Waals surface area (Å²) in [4.78, 5) is 29.0. The standard InChI is InChI=1S/C19H12ClFN4O3/c20-13-2-1-3-15(10-13)25-9-8-24(18(26)19(25)27)11-16-22-17(23-28-16)12-4-6-14(21)7-5-12/h1-10H,11H2. The van der Waals surface area contributed by atoms with Crippen LogP contribution in [0, 0.1) is 5.82 Å². The van der Waals surface area contributed by atoms with Gasteiger partial charge in [-0.1, -0.05) is 22.8 Å². The van der Waals surface area contributed by atoms with Gasteiger partial charge in [0.1, 0.15) is 12.4 Å². The van der Waals surface area contributed by atoms with Gasteiger partial charge >= 0.3 is 11.1 Å². The molecule has 140 valence electrons. The third-order valence-corrected chi connectivity index (χ3v) is 4.26. The quantitative estimate of drug-likeness (QED) is 0.494. The summed E-state index contributed by atoms with van der Waals surface area (Å²) in [5.41, 5.74) is -0.426. The molecule has 0 fully saturated rings. The van der Waals surface area contributed by atoms with E-state index >= 15 is 0 Å².